The van der Waals surface area contributed by atoms with Crippen molar-refractivity contribution in [2.45, 2.75) is 18.9 Å². The third-order valence-corrected chi connectivity index (χ3v) is 5.04. The molecule has 5 heteroatoms. The predicted octanol–water partition coefficient (Wildman–Crippen LogP) is 2.54. The first-order valence-electron chi connectivity index (χ1n) is 7.85. The average molecular weight is 311 g/mol. The topological polar surface area (TPSA) is 60.0 Å². The van der Waals surface area contributed by atoms with E-state index in [1.165, 1.54) is 11.1 Å². The van der Waals surface area contributed by atoms with Crippen LogP contribution in [-0.2, 0) is 12.8 Å². The Morgan fingerprint density at radius 2 is 2.00 bits per heavy atom. The van der Waals surface area contributed by atoms with Crippen LogP contribution in [0, 0.1) is 0 Å². The van der Waals surface area contributed by atoms with Gasteiger partial charge in [-0.25, -0.2) is 0 Å². The number of rotatable bonds is 1. The second-order valence-corrected chi connectivity index (χ2v) is 6.20. The largest absolute Gasteiger partial charge is 0.504 e. The summed E-state index contributed by atoms with van der Waals surface area (Å²) in [6.45, 7) is 1.19. The summed E-state index contributed by atoms with van der Waals surface area (Å²) in [6, 6.07) is 6.21. The van der Waals surface area contributed by atoms with Gasteiger partial charge >= 0.3 is 0 Å². The van der Waals surface area contributed by atoms with E-state index in [4.69, 9.17) is 14.2 Å². The van der Waals surface area contributed by atoms with Crippen molar-refractivity contribution in [2.24, 2.45) is 0 Å². The van der Waals surface area contributed by atoms with Gasteiger partial charge in [0.25, 0.3) is 0 Å². The summed E-state index contributed by atoms with van der Waals surface area (Å²) in [5, 5.41) is 14.3. The zero-order chi connectivity index (χ0) is 15.6. The van der Waals surface area contributed by atoms with Crippen LogP contribution in [0.2, 0.25) is 0 Å². The summed E-state index contributed by atoms with van der Waals surface area (Å²) >= 11 is 0. The molecule has 0 bridgehead atoms. The molecule has 2 N–H and O–H groups in total. The number of ether oxygens (including phenoxy) is 3. The number of methoxy groups -OCH3 is 1. The highest BCUT2D eigenvalue weighted by Gasteiger charge is 2.34. The third kappa shape index (κ3) is 1.71. The molecule has 0 saturated carbocycles. The summed E-state index contributed by atoms with van der Waals surface area (Å²) in [6.07, 6.45) is 1.83. The number of hydrogen-bond acceptors (Lipinski definition) is 5. The van der Waals surface area contributed by atoms with Crippen LogP contribution in [0.4, 0.5) is 0 Å². The van der Waals surface area contributed by atoms with Gasteiger partial charge in [-0.2, -0.15) is 0 Å². The highest BCUT2D eigenvalue weighted by atomic mass is 16.7. The van der Waals surface area contributed by atoms with Crippen LogP contribution >= 0.6 is 0 Å². The highest BCUT2D eigenvalue weighted by Crippen LogP contribution is 2.52. The maximum atomic E-state index is 10.8. The van der Waals surface area contributed by atoms with Crippen LogP contribution in [0.15, 0.2) is 18.2 Å². The zero-order valence-electron chi connectivity index (χ0n) is 12.8. The molecular formula is C18H17NO4. The van der Waals surface area contributed by atoms with E-state index in [2.05, 4.69) is 5.32 Å². The first-order chi connectivity index (χ1) is 11.3. The number of benzene rings is 2. The summed E-state index contributed by atoms with van der Waals surface area (Å²) in [5.74, 6) is 2.26. The van der Waals surface area contributed by atoms with Crippen LogP contribution in [0.1, 0.15) is 22.7 Å². The Kier molecular flexibility index (Phi) is 2.59. The van der Waals surface area contributed by atoms with Crippen molar-refractivity contribution >= 4 is 0 Å². The summed E-state index contributed by atoms with van der Waals surface area (Å²) in [7, 11) is 1.59. The van der Waals surface area contributed by atoms with Gasteiger partial charge in [0.1, 0.15) is 0 Å². The maximum Gasteiger partial charge on any atom is 0.231 e. The lowest BCUT2D eigenvalue weighted by atomic mass is 9.77. The van der Waals surface area contributed by atoms with Gasteiger partial charge in [0.2, 0.25) is 6.79 Å². The van der Waals surface area contributed by atoms with E-state index in [0.717, 1.165) is 47.6 Å². The third-order valence-electron chi connectivity index (χ3n) is 5.04. The van der Waals surface area contributed by atoms with E-state index in [1.54, 1.807) is 7.11 Å². The lowest BCUT2D eigenvalue weighted by Crippen LogP contribution is -2.33. The van der Waals surface area contributed by atoms with Gasteiger partial charge in [0.05, 0.1) is 7.11 Å². The molecule has 2 heterocycles. The molecule has 2 aliphatic heterocycles. The minimum Gasteiger partial charge on any atom is -0.504 e. The van der Waals surface area contributed by atoms with Crippen LogP contribution in [0.25, 0.3) is 11.1 Å². The normalized spacial score (nSPS) is 20.0. The first-order valence-corrected chi connectivity index (χ1v) is 7.85. The maximum absolute atomic E-state index is 10.8. The van der Waals surface area contributed by atoms with Crippen LogP contribution in [0.3, 0.4) is 0 Å². The second kappa shape index (κ2) is 4.55. The number of hydrogen-bond donors (Lipinski definition) is 2. The Balaban J connectivity index is 1.83. The van der Waals surface area contributed by atoms with Crippen molar-refractivity contribution in [1.82, 2.24) is 5.32 Å². The van der Waals surface area contributed by atoms with Crippen molar-refractivity contribution in [2.75, 3.05) is 20.4 Å². The van der Waals surface area contributed by atoms with E-state index in [-0.39, 0.29) is 18.6 Å². The number of fused-ring (bicyclic) bond motifs is 3. The van der Waals surface area contributed by atoms with Crippen LogP contribution in [0.5, 0.6) is 23.0 Å². The molecule has 0 spiro atoms. The molecule has 0 amide bonds. The Labute approximate surface area is 133 Å². The molecule has 0 fully saturated rings. The fourth-order valence-electron chi connectivity index (χ4n) is 4.01. The van der Waals surface area contributed by atoms with E-state index >= 15 is 0 Å². The highest BCUT2D eigenvalue weighted by molar-refractivity contribution is 5.84. The Bertz CT molecular complexity index is 831. The molecular weight excluding hydrogens is 294 g/mol. The summed E-state index contributed by atoms with van der Waals surface area (Å²) in [5.41, 5.74) is 5.50. The number of phenolic OH excluding ortho intramolecular Hbond substituents is 1. The SMILES string of the molecule is COc1cc2c3c(c1O)-c1cc4c(cc1C[C@H]3NCC2)OCO4. The minimum atomic E-state index is 0.208. The molecule has 2 aromatic rings. The van der Waals surface area contributed by atoms with Crippen molar-refractivity contribution in [3.63, 3.8) is 0 Å². The Morgan fingerprint density at radius 1 is 1.17 bits per heavy atom. The quantitative estimate of drug-likeness (QED) is 0.847. The first kappa shape index (κ1) is 13.1. The zero-order valence-corrected chi connectivity index (χ0v) is 12.8. The standard InChI is InChI=1S/C18H17NO4/c1-21-15-5-9-2-3-19-12-4-10-6-13-14(23-8-22-13)7-11(10)17(16(9)12)18(15)20/h5-7,12,19-20H,2-4,8H2,1H3/t12-/m1/s1. The average Bonchev–Trinajstić information content (AvgIpc) is 3.02. The van der Waals surface area contributed by atoms with Crippen molar-refractivity contribution in [1.29, 1.82) is 0 Å². The fourth-order valence-corrected chi connectivity index (χ4v) is 4.01. The molecule has 0 unspecified atom stereocenters. The molecule has 0 saturated heterocycles. The smallest absolute Gasteiger partial charge is 0.231 e. The van der Waals surface area contributed by atoms with Gasteiger partial charge in [0, 0.05) is 11.6 Å². The number of nitrogens with one attached hydrogen (secondary N) is 1. The molecule has 2 aromatic carbocycles. The fraction of sp³-hybridized carbons (Fsp3) is 0.333. The van der Waals surface area contributed by atoms with E-state index in [0.29, 0.717) is 5.75 Å². The summed E-state index contributed by atoms with van der Waals surface area (Å²) in [4.78, 5) is 0. The van der Waals surface area contributed by atoms with Gasteiger partial charge < -0.3 is 24.6 Å². The molecule has 23 heavy (non-hydrogen) atoms. The van der Waals surface area contributed by atoms with Crippen molar-refractivity contribution in [3.8, 4) is 34.1 Å². The van der Waals surface area contributed by atoms with E-state index < -0.39 is 0 Å². The van der Waals surface area contributed by atoms with E-state index in [9.17, 15) is 5.11 Å². The molecule has 118 valence electrons. The molecule has 1 aliphatic carbocycles. The number of phenols is 1. The lowest BCUT2D eigenvalue weighted by Gasteiger charge is -2.35. The summed E-state index contributed by atoms with van der Waals surface area (Å²) < 4.78 is 16.4. The van der Waals surface area contributed by atoms with Crippen LogP contribution < -0.4 is 19.5 Å². The molecule has 5 nitrogen and oxygen atoms in total. The van der Waals surface area contributed by atoms with Gasteiger partial charge in [0.15, 0.2) is 23.0 Å². The predicted molar refractivity (Wildman–Crippen MR) is 84.4 cm³/mol. The van der Waals surface area contributed by atoms with Crippen molar-refractivity contribution in [3.05, 3.63) is 34.9 Å². The molecule has 0 radical (unpaired) electrons. The Morgan fingerprint density at radius 3 is 2.83 bits per heavy atom. The molecule has 0 aromatic heterocycles. The monoisotopic (exact) mass is 311 g/mol. The Hall–Kier alpha value is -2.40. The van der Waals surface area contributed by atoms with Crippen LogP contribution in [-0.4, -0.2) is 25.6 Å². The molecule has 1 atom stereocenters. The molecule has 3 aliphatic rings. The number of aromatic hydroxyl groups is 1. The van der Waals surface area contributed by atoms with Gasteiger partial charge in [-0.05, 0) is 59.8 Å². The van der Waals surface area contributed by atoms with Gasteiger partial charge in [-0.3, -0.25) is 0 Å². The lowest BCUT2D eigenvalue weighted by molar-refractivity contribution is 0.174. The van der Waals surface area contributed by atoms with Gasteiger partial charge in [-0.15, -0.1) is 0 Å². The van der Waals surface area contributed by atoms with Crippen molar-refractivity contribution < 1.29 is 19.3 Å². The molecule has 5 rings (SSSR count). The second-order valence-electron chi connectivity index (χ2n) is 6.20. The van der Waals surface area contributed by atoms with E-state index in [1.807, 2.05) is 18.2 Å². The van der Waals surface area contributed by atoms with Gasteiger partial charge in [-0.1, -0.05) is 0 Å². The minimum absolute atomic E-state index is 0.208.